The predicted molar refractivity (Wildman–Crippen MR) is 70.9 cm³/mol. The lowest BCUT2D eigenvalue weighted by molar-refractivity contribution is -0.156. The first-order chi connectivity index (χ1) is 9.33. The fourth-order valence-electron chi connectivity index (χ4n) is 2.09. The Morgan fingerprint density at radius 3 is 2.30 bits per heavy atom. The van der Waals surface area contributed by atoms with Gasteiger partial charge in [-0.25, -0.2) is 4.79 Å². The van der Waals surface area contributed by atoms with E-state index in [4.69, 9.17) is 5.11 Å². The van der Waals surface area contributed by atoms with Gasteiger partial charge in [-0.15, -0.1) is 0 Å². The maximum Gasteiger partial charge on any atom is 0.337 e. The van der Waals surface area contributed by atoms with Crippen LogP contribution >= 0.6 is 0 Å². The van der Waals surface area contributed by atoms with Gasteiger partial charge in [0.1, 0.15) is 0 Å². The van der Waals surface area contributed by atoms with Crippen LogP contribution in [-0.4, -0.2) is 46.7 Å². The summed E-state index contributed by atoms with van der Waals surface area (Å²) in [4.78, 5) is 33.9. The van der Waals surface area contributed by atoms with Crippen molar-refractivity contribution in [3.05, 3.63) is 0 Å². The summed E-state index contributed by atoms with van der Waals surface area (Å²) in [5.41, 5.74) is -2.01. The van der Waals surface area contributed by atoms with Crippen LogP contribution < -0.4 is 10.6 Å². The molecule has 4 N–H and O–H groups in total. The standard InChI is InChI=1S/C13H22N2O5/c1-13(20,12(18)19)8-15-10(16)7-14-11(17)9-5-3-2-4-6-9/h9,20H,2-8H2,1H3,(H,14,17)(H,15,16)(H,18,19). The van der Waals surface area contributed by atoms with Crippen molar-refractivity contribution in [2.24, 2.45) is 5.92 Å². The molecule has 114 valence electrons. The van der Waals surface area contributed by atoms with Crippen molar-refractivity contribution in [1.29, 1.82) is 0 Å². The molecule has 1 atom stereocenters. The maximum atomic E-state index is 11.8. The number of hydrogen-bond acceptors (Lipinski definition) is 4. The Kier molecular flexibility index (Phi) is 5.94. The van der Waals surface area contributed by atoms with E-state index in [0.29, 0.717) is 0 Å². The predicted octanol–water partition coefficient (Wildman–Crippen LogP) is -0.365. The summed E-state index contributed by atoms with van der Waals surface area (Å²) in [5, 5.41) is 22.9. The van der Waals surface area contributed by atoms with Gasteiger partial charge in [0.2, 0.25) is 11.8 Å². The SMILES string of the molecule is CC(O)(CNC(=O)CNC(=O)C1CCCCC1)C(=O)O. The zero-order valence-corrected chi connectivity index (χ0v) is 11.6. The van der Waals surface area contributed by atoms with Crippen molar-refractivity contribution in [3.8, 4) is 0 Å². The van der Waals surface area contributed by atoms with Crippen LogP contribution in [0.1, 0.15) is 39.0 Å². The molecule has 1 rings (SSSR count). The van der Waals surface area contributed by atoms with E-state index in [2.05, 4.69) is 10.6 Å². The van der Waals surface area contributed by atoms with E-state index in [0.717, 1.165) is 39.0 Å². The Morgan fingerprint density at radius 1 is 1.15 bits per heavy atom. The molecule has 1 aliphatic carbocycles. The van der Waals surface area contributed by atoms with Crippen molar-refractivity contribution in [1.82, 2.24) is 10.6 Å². The smallest absolute Gasteiger partial charge is 0.337 e. The number of hydrogen-bond donors (Lipinski definition) is 4. The van der Waals surface area contributed by atoms with Gasteiger partial charge in [-0.3, -0.25) is 9.59 Å². The van der Waals surface area contributed by atoms with Crippen LogP contribution in [0.15, 0.2) is 0 Å². The molecule has 0 saturated heterocycles. The summed E-state index contributed by atoms with van der Waals surface area (Å²) in [6.07, 6.45) is 4.91. The topological polar surface area (TPSA) is 116 Å². The Labute approximate surface area is 117 Å². The van der Waals surface area contributed by atoms with Crippen LogP contribution in [0, 0.1) is 5.92 Å². The molecule has 0 aromatic heterocycles. The van der Waals surface area contributed by atoms with Crippen LogP contribution in [0.4, 0.5) is 0 Å². The van der Waals surface area contributed by atoms with Crippen molar-refractivity contribution < 1.29 is 24.6 Å². The minimum absolute atomic E-state index is 0.0290. The first-order valence-corrected chi connectivity index (χ1v) is 6.83. The molecule has 0 aliphatic heterocycles. The molecule has 1 fully saturated rings. The highest BCUT2D eigenvalue weighted by atomic mass is 16.4. The van der Waals surface area contributed by atoms with Crippen LogP contribution in [0.25, 0.3) is 0 Å². The minimum atomic E-state index is -2.01. The highest BCUT2D eigenvalue weighted by molar-refractivity contribution is 5.86. The number of rotatable bonds is 6. The molecule has 7 nitrogen and oxygen atoms in total. The number of nitrogens with one attached hydrogen (secondary N) is 2. The van der Waals surface area contributed by atoms with Gasteiger partial charge < -0.3 is 20.8 Å². The second kappa shape index (κ2) is 7.23. The average Bonchev–Trinajstić information content (AvgIpc) is 2.43. The van der Waals surface area contributed by atoms with E-state index in [-0.39, 0.29) is 18.4 Å². The lowest BCUT2D eigenvalue weighted by Crippen LogP contribution is -2.49. The summed E-state index contributed by atoms with van der Waals surface area (Å²) in [7, 11) is 0. The number of amides is 2. The lowest BCUT2D eigenvalue weighted by atomic mass is 9.89. The third-order valence-corrected chi connectivity index (χ3v) is 3.49. The van der Waals surface area contributed by atoms with Gasteiger partial charge >= 0.3 is 5.97 Å². The van der Waals surface area contributed by atoms with Crippen molar-refractivity contribution >= 4 is 17.8 Å². The Bertz CT molecular complexity index is 375. The number of carboxylic acid groups (broad SMARTS) is 1. The van der Waals surface area contributed by atoms with E-state index in [1.165, 1.54) is 0 Å². The molecule has 0 radical (unpaired) electrons. The zero-order chi connectivity index (χ0) is 15.2. The van der Waals surface area contributed by atoms with Crippen molar-refractivity contribution in [3.63, 3.8) is 0 Å². The Balaban J connectivity index is 2.25. The molecule has 1 saturated carbocycles. The fourth-order valence-corrected chi connectivity index (χ4v) is 2.09. The lowest BCUT2D eigenvalue weighted by Gasteiger charge is -2.21. The molecule has 0 bridgehead atoms. The Hall–Kier alpha value is -1.63. The summed E-state index contributed by atoms with van der Waals surface area (Å²) < 4.78 is 0. The van der Waals surface area contributed by atoms with E-state index < -0.39 is 24.0 Å². The molecule has 7 heteroatoms. The number of aliphatic carboxylic acids is 1. The van der Waals surface area contributed by atoms with Gasteiger partial charge in [-0.2, -0.15) is 0 Å². The normalized spacial score (nSPS) is 18.9. The number of aliphatic hydroxyl groups is 1. The van der Waals surface area contributed by atoms with Crippen molar-refractivity contribution in [2.75, 3.05) is 13.1 Å². The third kappa shape index (κ3) is 5.16. The van der Waals surface area contributed by atoms with Gasteiger partial charge in [0.25, 0.3) is 0 Å². The van der Waals surface area contributed by atoms with Crippen LogP contribution in [0.5, 0.6) is 0 Å². The summed E-state index contributed by atoms with van der Waals surface area (Å²) in [5.74, 6) is -2.09. The molecule has 0 spiro atoms. The fraction of sp³-hybridized carbons (Fsp3) is 0.769. The van der Waals surface area contributed by atoms with E-state index in [1.54, 1.807) is 0 Å². The molecular weight excluding hydrogens is 264 g/mol. The van der Waals surface area contributed by atoms with Gasteiger partial charge in [-0.05, 0) is 19.8 Å². The van der Waals surface area contributed by atoms with Crippen LogP contribution in [0.2, 0.25) is 0 Å². The summed E-state index contributed by atoms with van der Waals surface area (Å²) in [6.45, 7) is 0.488. The molecular formula is C13H22N2O5. The number of carbonyl (C=O) groups is 3. The molecule has 0 heterocycles. The first-order valence-electron chi connectivity index (χ1n) is 6.83. The van der Waals surface area contributed by atoms with E-state index in [1.807, 2.05) is 0 Å². The molecule has 2 amide bonds. The average molecular weight is 286 g/mol. The third-order valence-electron chi connectivity index (χ3n) is 3.49. The number of carbonyl (C=O) groups excluding carboxylic acids is 2. The van der Waals surface area contributed by atoms with Crippen molar-refractivity contribution in [2.45, 2.75) is 44.6 Å². The molecule has 0 aromatic rings. The largest absolute Gasteiger partial charge is 0.479 e. The maximum absolute atomic E-state index is 11.8. The number of carboxylic acids is 1. The zero-order valence-electron chi connectivity index (χ0n) is 11.6. The summed E-state index contributed by atoms with van der Waals surface area (Å²) in [6, 6.07) is 0. The second-order valence-corrected chi connectivity index (χ2v) is 5.41. The quantitative estimate of drug-likeness (QED) is 0.532. The van der Waals surface area contributed by atoms with Crippen LogP contribution in [-0.2, 0) is 14.4 Å². The van der Waals surface area contributed by atoms with Crippen LogP contribution in [0.3, 0.4) is 0 Å². The van der Waals surface area contributed by atoms with Gasteiger partial charge in [0, 0.05) is 5.92 Å². The second-order valence-electron chi connectivity index (χ2n) is 5.41. The molecule has 1 aliphatic rings. The van der Waals surface area contributed by atoms with E-state index >= 15 is 0 Å². The van der Waals surface area contributed by atoms with E-state index in [9.17, 15) is 19.5 Å². The monoisotopic (exact) mass is 286 g/mol. The van der Waals surface area contributed by atoms with Gasteiger partial charge in [0.05, 0.1) is 13.1 Å². The minimum Gasteiger partial charge on any atom is -0.479 e. The highest BCUT2D eigenvalue weighted by Crippen LogP contribution is 2.23. The van der Waals surface area contributed by atoms with Gasteiger partial charge in [-0.1, -0.05) is 19.3 Å². The Morgan fingerprint density at radius 2 is 1.75 bits per heavy atom. The summed E-state index contributed by atoms with van der Waals surface area (Å²) >= 11 is 0. The molecule has 1 unspecified atom stereocenters. The first kappa shape index (κ1) is 16.4. The van der Waals surface area contributed by atoms with Gasteiger partial charge in [0.15, 0.2) is 5.60 Å². The molecule has 20 heavy (non-hydrogen) atoms. The highest BCUT2D eigenvalue weighted by Gasteiger charge is 2.30. The molecule has 0 aromatic carbocycles.